The molecule has 5 nitrogen and oxygen atoms in total. The molecule has 1 saturated heterocycles. The number of methoxy groups -OCH3 is 1. The topological polar surface area (TPSA) is 72.6 Å². The first-order chi connectivity index (χ1) is 8.96. The lowest BCUT2D eigenvalue weighted by Gasteiger charge is -2.33. The molecule has 2 unspecified atom stereocenters. The van der Waals surface area contributed by atoms with E-state index >= 15 is 0 Å². The highest BCUT2D eigenvalue weighted by Crippen LogP contribution is 2.34. The van der Waals surface area contributed by atoms with Gasteiger partial charge in [0.2, 0.25) is 0 Å². The van der Waals surface area contributed by atoms with Crippen molar-refractivity contribution in [3.8, 4) is 5.75 Å². The summed E-state index contributed by atoms with van der Waals surface area (Å²) in [5.74, 6) is 0.655. The molecule has 2 rings (SSSR count). The van der Waals surface area contributed by atoms with Gasteiger partial charge in [-0.2, -0.15) is 4.31 Å². The summed E-state index contributed by atoms with van der Waals surface area (Å²) < 4.78 is 32.2. The molecule has 1 aromatic rings. The zero-order chi connectivity index (χ0) is 14.0. The maximum absolute atomic E-state index is 12.6. The van der Waals surface area contributed by atoms with E-state index in [0.717, 1.165) is 12.8 Å². The monoisotopic (exact) mass is 304 g/mol. The first-order valence-corrected chi connectivity index (χ1v) is 8.66. The van der Waals surface area contributed by atoms with E-state index in [0.29, 0.717) is 23.0 Å². The van der Waals surface area contributed by atoms with Gasteiger partial charge in [-0.05, 0) is 37.1 Å². The van der Waals surface area contributed by atoms with Crippen molar-refractivity contribution in [2.75, 3.05) is 20.2 Å². The maximum Gasteiger partial charge on any atom is 0.256 e. The van der Waals surface area contributed by atoms with Crippen molar-refractivity contribution in [3.05, 3.63) is 11.4 Å². The van der Waals surface area contributed by atoms with Gasteiger partial charge in [-0.1, -0.05) is 0 Å². The van der Waals surface area contributed by atoms with Crippen molar-refractivity contribution in [2.24, 2.45) is 11.7 Å². The molecule has 1 fully saturated rings. The second kappa shape index (κ2) is 5.78. The van der Waals surface area contributed by atoms with Crippen LogP contribution in [0, 0.1) is 5.92 Å². The van der Waals surface area contributed by atoms with Crippen LogP contribution in [0.1, 0.15) is 19.8 Å². The van der Waals surface area contributed by atoms with Crippen LogP contribution in [-0.4, -0.2) is 39.0 Å². The minimum absolute atomic E-state index is 0.0169. The summed E-state index contributed by atoms with van der Waals surface area (Å²) in [5, 5.41) is 1.73. The molecule has 0 saturated carbocycles. The fraction of sp³-hybridized carbons (Fsp3) is 0.667. The number of hydrogen-bond acceptors (Lipinski definition) is 5. The molecule has 0 spiro atoms. The van der Waals surface area contributed by atoms with Crippen molar-refractivity contribution in [3.63, 3.8) is 0 Å². The fourth-order valence-electron chi connectivity index (χ4n) is 2.36. The maximum atomic E-state index is 12.6. The molecule has 0 amide bonds. The zero-order valence-corrected chi connectivity index (χ0v) is 12.8. The molecule has 1 aliphatic heterocycles. The van der Waals surface area contributed by atoms with E-state index < -0.39 is 10.0 Å². The molecule has 0 aromatic carbocycles. The Morgan fingerprint density at radius 3 is 2.95 bits per heavy atom. The molecule has 2 atom stereocenters. The SMILES string of the molecule is COc1ccsc1S(=O)(=O)N1CCCC(C(C)N)C1. The van der Waals surface area contributed by atoms with E-state index in [4.69, 9.17) is 10.5 Å². The number of hydrogen-bond donors (Lipinski definition) is 1. The van der Waals surface area contributed by atoms with Crippen LogP contribution >= 0.6 is 11.3 Å². The third-order valence-electron chi connectivity index (χ3n) is 3.55. The van der Waals surface area contributed by atoms with Gasteiger partial charge in [0.1, 0.15) is 5.75 Å². The van der Waals surface area contributed by atoms with E-state index in [1.807, 2.05) is 6.92 Å². The largest absolute Gasteiger partial charge is 0.494 e. The molecule has 108 valence electrons. The van der Waals surface area contributed by atoms with Crippen molar-refractivity contribution in [2.45, 2.75) is 30.0 Å². The van der Waals surface area contributed by atoms with E-state index in [1.165, 1.54) is 18.4 Å². The molecule has 0 aliphatic carbocycles. The molecule has 7 heteroatoms. The second-order valence-electron chi connectivity index (χ2n) is 4.90. The van der Waals surface area contributed by atoms with Crippen molar-refractivity contribution < 1.29 is 13.2 Å². The van der Waals surface area contributed by atoms with Crippen LogP contribution < -0.4 is 10.5 Å². The summed E-state index contributed by atoms with van der Waals surface area (Å²) in [7, 11) is -1.97. The highest BCUT2D eigenvalue weighted by Gasteiger charge is 2.34. The van der Waals surface area contributed by atoms with E-state index in [9.17, 15) is 8.42 Å². The van der Waals surface area contributed by atoms with E-state index in [2.05, 4.69) is 0 Å². The van der Waals surface area contributed by atoms with Gasteiger partial charge in [0.25, 0.3) is 10.0 Å². The smallest absolute Gasteiger partial charge is 0.256 e. The van der Waals surface area contributed by atoms with Gasteiger partial charge < -0.3 is 10.5 Å². The summed E-state index contributed by atoms with van der Waals surface area (Å²) in [6, 6.07) is 1.70. The Morgan fingerprint density at radius 1 is 1.58 bits per heavy atom. The third kappa shape index (κ3) is 2.94. The van der Waals surface area contributed by atoms with Crippen LogP contribution in [0.25, 0.3) is 0 Å². The minimum Gasteiger partial charge on any atom is -0.494 e. The molecule has 1 aliphatic rings. The van der Waals surface area contributed by atoms with E-state index in [1.54, 1.807) is 15.8 Å². The number of thiophene rings is 1. The van der Waals surface area contributed by atoms with Crippen LogP contribution in [0.2, 0.25) is 0 Å². The fourth-order valence-corrected chi connectivity index (χ4v) is 5.31. The number of ether oxygens (including phenoxy) is 1. The first-order valence-electron chi connectivity index (χ1n) is 6.34. The molecular formula is C12H20N2O3S2. The van der Waals surface area contributed by atoms with Crippen LogP contribution in [0.4, 0.5) is 0 Å². The molecule has 0 radical (unpaired) electrons. The average Bonchev–Trinajstić information content (AvgIpc) is 2.88. The molecular weight excluding hydrogens is 284 g/mol. The van der Waals surface area contributed by atoms with Gasteiger partial charge in [-0.15, -0.1) is 11.3 Å². The van der Waals surface area contributed by atoms with Gasteiger partial charge in [-0.3, -0.25) is 0 Å². The Morgan fingerprint density at radius 2 is 2.32 bits per heavy atom. The van der Waals surface area contributed by atoms with Crippen molar-refractivity contribution in [1.82, 2.24) is 4.31 Å². The lowest BCUT2D eigenvalue weighted by Crippen LogP contribution is -2.44. The van der Waals surface area contributed by atoms with Crippen LogP contribution in [0.5, 0.6) is 5.75 Å². The molecule has 0 bridgehead atoms. The van der Waals surface area contributed by atoms with Gasteiger partial charge in [-0.25, -0.2) is 8.42 Å². The Kier molecular flexibility index (Phi) is 4.50. The normalized spacial score (nSPS) is 23.2. The van der Waals surface area contributed by atoms with Crippen molar-refractivity contribution in [1.29, 1.82) is 0 Å². The summed E-state index contributed by atoms with van der Waals surface area (Å²) in [4.78, 5) is 0. The second-order valence-corrected chi connectivity index (χ2v) is 7.95. The standard InChI is InChI=1S/C12H20N2O3S2/c1-9(13)10-4-3-6-14(8-10)19(15,16)12-11(17-2)5-7-18-12/h5,7,9-10H,3-4,6,8,13H2,1-2H3. The lowest BCUT2D eigenvalue weighted by atomic mass is 9.93. The van der Waals surface area contributed by atoms with Gasteiger partial charge in [0, 0.05) is 19.1 Å². The number of nitrogens with zero attached hydrogens (tertiary/aromatic N) is 1. The number of nitrogens with two attached hydrogens (primary N) is 1. The van der Waals surface area contributed by atoms with Crippen LogP contribution in [-0.2, 0) is 10.0 Å². The van der Waals surface area contributed by atoms with Gasteiger partial charge in [0.15, 0.2) is 4.21 Å². The number of piperidine rings is 1. The Balaban J connectivity index is 2.25. The Hall–Kier alpha value is -0.630. The highest BCUT2D eigenvalue weighted by atomic mass is 32.2. The summed E-state index contributed by atoms with van der Waals surface area (Å²) >= 11 is 1.20. The summed E-state index contributed by atoms with van der Waals surface area (Å²) in [6.45, 7) is 3.00. The molecule has 19 heavy (non-hydrogen) atoms. The van der Waals surface area contributed by atoms with Crippen molar-refractivity contribution >= 4 is 21.4 Å². The third-order valence-corrected chi connectivity index (χ3v) is 6.84. The molecule has 2 heterocycles. The van der Waals surface area contributed by atoms with E-state index in [-0.39, 0.29) is 12.0 Å². The zero-order valence-electron chi connectivity index (χ0n) is 11.2. The van der Waals surface area contributed by atoms with Crippen LogP contribution in [0.15, 0.2) is 15.7 Å². The summed E-state index contributed by atoms with van der Waals surface area (Å²) in [5.41, 5.74) is 5.90. The average molecular weight is 304 g/mol. The van der Waals surface area contributed by atoms with Crippen LogP contribution in [0.3, 0.4) is 0 Å². The highest BCUT2D eigenvalue weighted by molar-refractivity contribution is 7.91. The Bertz CT molecular complexity index is 525. The quantitative estimate of drug-likeness (QED) is 0.915. The first kappa shape index (κ1) is 14.8. The number of sulfonamides is 1. The summed E-state index contributed by atoms with van der Waals surface area (Å²) in [6.07, 6.45) is 1.85. The predicted octanol–water partition coefficient (Wildman–Crippen LogP) is 1.50. The lowest BCUT2D eigenvalue weighted by molar-refractivity contribution is 0.243. The molecule has 2 N–H and O–H groups in total. The Labute approximate surface area is 118 Å². The minimum atomic E-state index is -3.46. The van der Waals surface area contributed by atoms with Gasteiger partial charge in [0.05, 0.1) is 7.11 Å². The predicted molar refractivity (Wildman–Crippen MR) is 76.0 cm³/mol. The molecule has 1 aromatic heterocycles. The number of rotatable bonds is 4. The van der Waals surface area contributed by atoms with Gasteiger partial charge >= 0.3 is 0 Å².